The summed E-state index contributed by atoms with van der Waals surface area (Å²) in [6, 6.07) is 3.29. The zero-order valence-corrected chi connectivity index (χ0v) is 30.1. The molecular weight excluding hydrogens is 571 g/mol. The molecule has 0 radical (unpaired) electrons. The molecule has 3 heterocycles. The predicted octanol–water partition coefficient (Wildman–Crippen LogP) is 6.10. The standard InChI is InChI=1S/C30H53NO7Si3/c1-20(21(2)36-39(3,4)5)28-27(35-28)18-26-30(38-41(9,10)11)29(37-40(6,7)8)23(19-34-26)16-24(32)17-25(33)22-12-14-31-15-13-22/h12-15,20-21,23,26-30H,16-19H2,1-11H3/t20-,21+,23+,26+,27+,28+,29-,30-/m1/s1. The van der Waals surface area contributed by atoms with Crippen LogP contribution in [0.3, 0.4) is 0 Å². The summed E-state index contributed by atoms with van der Waals surface area (Å²) in [5.41, 5.74) is 0.501. The van der Waals surface area contributed by atoms with Crippen LogP contribution >= 0.6 is 0 Å². The third kappa shape index (κ3) is 11.2. The zero-order valence-electron chi connectivity index (χ0n) is 27.1. The molecule has 41 heavy (non-hydrogen) atoms. The Morgan fingerprint density at radius 1 is 0.902 bits per heavy atom. The van der Waals surface area contributed by atoms with Crippen molar-refractivity contribution in [2.45, 2.75) is 129 Å². The Morgan fingerprint density at radius 2 is 1.49 bits per heavy atom. The number of carbonyl (C=O) groups is 2. The van der Waals surface area contributed by atoms with Gasteiger partial charge in [0.15, 0.2) is 30.7 Å². The van der Waals surface area contributed by atoms with E-state index in [9.17, 15) is 9.59 Å². The molecule has 2 aliphatic rings. The van der Waals surface area contributed by atoms with Gasteiger partial charge in [-0.25, -0.2) is 0 Å². The van der Waals surface area contributed by atoms with Crippen LogP contribution in [-0.2, 0) is 27.5 Å². The first-order valence-electron chi connectivity index (χ1n) is 15.1. The van der Waals surface area contributed by atoms with Crippen molar-refractivity contribution in [3.8, 4) is 0 Å². The molecule has 2 fully saturated rings. The van der Waals surface area contributed by atoms with E-state index < -0.39 is 25.0 Å². The van der Waals surface area contributed by atoms with E-state index in [0.717, 1.165) is 6.42 Å². The molecule has 11 heteroatoms. The van der Waals surface area contributed by atoms with E-state index in [1.165, 1.54) is 0 Å². The van der Waals surface area contributed by atoms with E-state index in [1.807, 2.05) is 0 Å². The van der Waals surface area contributed by atoms with Gasteiger partial charge in [-0.2, -0.15) is 0 Å². The van der Waals surface area contributed by atoms with Crippen molar-refractivity contribution in [1.82, 2.24) is 4.98 Å². The van der Waals surface area contributed by atoms with Crippen molar-refractivity contribution in [2.75, 3.05) is 6.61 Å². The second kappa shape index (κ2) is 13.7. The third-order valence-corrected chi connectivity index (χ3v) is 10.4. The van der Waals surface area contributed by atoms with Crippen LogP contribution in [0.5, 0.6) is 0 Å². The highest BCUT2D eigenvalue weighted by Crippen LogP contribution is 2.40. The number of pyridine rings is 1. The first kappa shape index (κ1) is 34.4. The Kier molecular flexibility index (Phi) is 11.5. The van der Waals surface area contributed by atoms with Gasteiger partial charge in [-0.15, -0.1) is 0 Å². The Labute approximate surface area is 250 Å². The minimum absolute atomic E-state index is 0.0825. The van der Waals surface area contributed by atoms with Gasteiger partial charge in [0.2, 0.25) is 0 Å². The fourth-order valence-corrected chi connectivity index (χ4v) is 9.15. The van der Waals surface area contributed by atoms with Gasteiger partial charge in [0.05, 0.1) is 43.5 Å². The van der Waals surface area contributed by atoms with E-state index in [1.54, 1.807) is 24.5 Å². The Hall–Kier alpha value is -1.06. The topological polar surface area (TPSA) is 96.5 Å². The highest BCUT2D eigenvalue weighted by molar-refractivity contribution is 6.70. The summed E-state index contributed by atoms with van der Waals surface area (Å²) >= 11 is 0. The molecule has 0 aliphatic carbocycles. The van der Waals surface area contributed by atoms with Gasteiger partial charge in [-0.1, -0.05) is 6.92 Å². The maximum absolute atomic E-state index is 13.2. The lowest BCUT2D eigenvalue weighted by atomic mass is 9.85. The third-order valence-electron chi connectivity index (χ3n) is 7.39. The largest absolute Gasteiger partial charge is 0.415 e. The molecule has 0 spiro atoms. The van der Waals surface area contributed by atoms with Crippen LogP contribution in [0.1, 0.15) is 43.5 Å². The highest BCUT2D eigenvalue weighted by atomic mass is 28.4. The van der Waals surface area contributed by atoms with Crippen molar-refractivity contribution in [3.05, 3.63) is 30.1 Å². The van der Waals surface area contributed by atoms with Crippen molar-refractivity contribution in [1.29, 1.82) is 0 Å². The molecule has 1 aromatic heterocycles. The summed E-state index contributed by atoms with van der Waals surface area (Å²) < 4.78 is 32.6. The minimum atomic E-state index is -2.01. The number of hydrogen-bond donors (Lipinski definition) is 0. The molecule has 0 amide bonds. The summed E-state index contributed by atoms with van der Waals surface area (Å²) in [6.45, 7) is 24.4. The number of aromatic nitrogens is 1. The van der Waals surface area contributed by atoms with Crippen LogP contribution in [0.25, 0.3) is 0 Å². The molecular formula is C30H53NO7Si3. The van der Waals surface area contributed by atoms with Crippen LogP contribution in [0.15, 0.2) is 24.5 Å². The van der Waals surface area contributed by atoms with Crippen molar-refractivity contribution in [2.24, 2.45) is 11.8 Å². The monoisotopic (exact) mass is 623 g/mol. The van der Waals surface area contributed by atoms with E-state index in [-0.39, 0.29) is 72.9 Å². The van der Waals surface area contributed by atoms with Gasteiger partial charge in [0.25, 0.3) is 0 Å². The maximum Gasteiger partial charge on any atom is 0.184 e. The van der Waals surface area contributed by atoms with E-state index in [0.29, 0.717) is 12.2 Å². The van der Waals surface area contributed by atoms with Crippen molar-refractivity contribution >= 4 is 36.5 Å². The summed E-state index contributed by atoms with van der Waals surface area (Å²) in [7, 11) is -5.66. The number of Topliss-reactive ketones (excluding diaryl/α,β-unsaturated/α-hetero) is 2. The summed E-state index contributed by atoms with van der Waals surface area (Å²) in [6.07, 6.45) is 3.50. The molecule has 0 unspecified atom stereocenters. The molecule has 0 bridgehead atoms. The minimum Gasteiger partial charge on any atom is -0.415 e. The number of carbonyl (C=O) groups excluding carboxylic acids is 2. The van der Waals surface area contributed by atoms with Gasteiger partial charge in [0.1, 0.15) is 5.78 Å². The highest BCUT2D eigenvalue weighted by Gasteiger charge is 2.51. The molecule has 3 rings (SSSR count). The number of ketones is 2. The Morgan fingerprint density at radius 3 is 2.05 bits per heavy atom. The molecule has 2 saturated heterocycles. The van der Waals surface area contributed by atoms with E-state index in [2.05, 4.69) is 77.8 Å². The second-order valence-corrected chi connectivity index (χ2v) is 28.2. The van der Waals surface area contributed by atoms with Crippen LogP contribution in [0, 0.1) is 11.8 Å². The lowest BCUT2D eigenvalue weighted by molar-refractivity contribution is -0.158. The fraction of sp³-hybridized carbons (Fsp3) is 0.767. The molecule has 0 saturated carbocycles. The first-order chi connectivity index (χ1) is 18.8. The quantitative estimate of drug-likeness (QED) is 0.100. The number of nitrogens with zero attached hydrogens (tertiary/aromatic N) is 1. The molecule has 0 N–H and O–H groups in total. The average Bonchev–Trinajstić information content (AvgIpc) is 3.59. The lowest BCUT2D eigenvalue weighted by Crippen LogP contribution is -2.58. The van der Waals surface area contributed by atoms with Crippen molar-refractivity contribution in [3.63, 3.8) is 0 Å². The molecule has 8 atom stereocenters. The Balaban J connectivity index is 1.74. The number of ether oxygens (including phenoxy) is 2. The lowest BCUT2D eigenvalue weighted by Gasteiger charge is -2.47. The van der Waals surface area contributed by atoms with Crippen LogP contribution in [0.4, 0.5) is 0 Å². The van der Waals surface area contributed by atoms with Crippen LogP contribution in [0.2, 0.25) is 58.9 Å². The Bertz CT molecular complexity index is 1020. The maximum atomic E-state index is 13.2. The number of epoxide rings is 1. The predicted molar refractivity (Wildman–Crippen MR) is 169 cm³/mol. The smallest absolute Gasteiger partial charge is 0.184 e. The van der Waals surface area contributed by atoms with Gasteiger partial charge in [0, 0.05) is 48.7 Å². The summed E-state index contributed by atoms with van der Waals surface area (Å²) in [4.78, 5) is 29.8. The van der Waals surface area contributed by atoms with Crippen LogP contribution < -0.4 is 0 Å². The summed E-state index contributed by atoms with van der Waals surface area (Å²) in [5.74, 6) is -0.199. The number of rotatable bonds is 15. The SMILES string of the molecule is C[C@@H]([C@@H]1O[C@H]1C[C@@H]1OC[C@H](CC(=O)CC(=O)c2ccncc2)[C@@H](O[Si](C)(C)C)[C@@H]1O[Si](C)(C)C)[C@H](C)O[Si](C)(C)C. The van der Waals surface area contributed by atoms with E-state index in [4.69, 9.17) is 22.8 Å². The van der Waals surface area contributed by atoms with Crippen molar-refractivity contribution < 1.29 is 32.3 Å². The van der Waals surface area contributed by atoms with Gasteiger partial charge >= 0.3 is 0 Å². The van der Waals surface area contributed by atoms with Crippen LogP contribution in [-0.4, -0.2) is 84.7 Å². The molecule has 8 nitrogen and oxygen atoms in total. The first-order valence-corrected chi connectivity index (χ1v) is 25.3. The molecule has 2 aliphatic heterocycles. The molecule has 232 valence electrons. The molecule has 0 aromatic carbocycles. The average molecular weight is 624 g/mol. The zero-order chi connectivity index (χ0) is 30.8. The molecule has 1 aromatic rings. The second-order valence-electron chi connectivity index (χ2n) is 14.8. The number of hydrogen-bond acceptors (Lipinski definition) is 8. The van der Waals surface area contributed by atoms with Gasteiger partial charge < -0.3 is 22.8 Å². The van der Waals surface area contributed by atoms with E-state index >= 15 is 0 Å². The van der Waals surface area contributed by atoms with Gasteiger partial charge in [-0.3, -0.25) is 14.6 Å². The van der Waals surface area contributed by atoms with Gasteiger partial charge in [-0.05, 0) is 78.0 Å². The fourth-order valence-electron chi connectivity index (χ4n) is 5.57. The summed E-state index contributed by atoms with van der Waals surface area (Å²) in [5, 5.41) is 0. The normalized spacial score (nSPS) is 28.7.